The number of esters is 1. The largest absolute Gasteiger partial charge is 0.462 e. The van der Waals surface area contributed by atoms with Crippen LogP contribution in [0.25, 0.3) is 0 Å². The van der Waals surface area contributed by atoms with E-state index in [1.165, 1.54) is 12.1 Å². The van der Waals surface area contributed by atoms with Crippen LogP contribution in [0.2, 0.25) is 0 Å². The first kappa shape index (κ1) is 22.9. The summed E-state index contributed by atoms with van der Waals surface area (Å²) in [4.78, 5) is 16.2. The first-order valence-electron chi connectivity index (χ1n) is 8.65. The van der Waals surface area contributed by atoms with Gasteiger partial charge in [0.25, 0.3) is 0 Å². The van der Waals surface area contributed by atoms with Crippen molar-refractivity contribution in [2.45, 2.75) is 26.9 Å². The maximum absolute atomic E-state index is 13.0. The van der Waals surface area contributed by atoms with Crippen LogP contribution in [0.15, 0.2) is 53.5 Å². The molecule has 0 heterocycles. The van der Waals surface area contributed by atoms with Crippen LogP contribution in [0.5, 0.6) is 0 Å². The molecule has 0 unspecified atom stereocenters. The molecule has 0 aliphatic carbocycles. The number of halogens is 2. The lowest BCUT2D eigenvalue weighted by atomic mass is 10.1. The Balaban J connectivity index is 0.00000364. The van der Waals surface area contributed by atoms with E-state index in [0.29, 0.717) is 31.2 Å². The van der Waals surface area contributed by atoms with Gasteiger partial charge in [-0.25, -0.2) is 14.2 Å². The van der Waals surface area contributed by atoms with E-state index in [-0.39, 0.29) is 35.8 Å². The maximum atomic E-state index is 13.0. The fourth-order valence-electron chi connectivity index (χ4n) is 2.26. The van der Waals surface area contributed by atoms with Gasteiger partial charge in [-0.05, 0) is 49.2 Å². The molecule has 2 rings (SSSR count). The van der Waals surface area contributed by atoms with E-state index in [1.54, 1.807) is 31.2 Å². The van der Waals surface area contributed by atoms with Gasteiger partial charge in [-0.2, -0.15) is 0 Å². The SMILES string of the molecule is CCNC(=NCc1ccc(C(=O)OCC)cc1)NCc1ccc(F)cc1.I. The number of carbonyl (C=O) groups excluding carboxylic acids is 1. The molecule has 0 fully saturated rings. The molecule has 2 N–H and O–H groups in total. The fraction of sp³-hybridized carbons (Fsp3) is 0.300. The minimum Gasteiger partial charge on any atom is -0.462 e. The van der Waals surface area contributed by atoms with Gasteiger partial charge in [0, 0.05) is 13.1 Å². The zero-order valence-corrected chi connectivity index (χ0v) is 17.8. The zero-order valence-electron chi connectivity index (χ0n) is 15.5. The van der Waals surface area contributed by atoms with Gasteiger partial charge in [-0.1, -0.05) is 24.3 Å². The molecule has 0 radical (unpaired) electrons. The smallest absolute Gasteiger partial charge is 0.338 e. The molecule has 146 valence electrons. The second-order valence-electron chi connectivity index (χ2n) is 5.59. The average Bonchev–Trinajstić information content (AvgIpc) is 2.66. The lowest BCUT2D eigenvalue weighted by Crippen LogP contribution is -2.36. The Morgan fingerprint density at radius 3 is 2.22 bits per heavy atom. The Morgan fingerprint density at radius 1 is 1.00 bits per heavy atom. The molecule has 0 aromatic heterocycles. The second-order valence-corrected chi connectivity index (χ2v) is 5.59. The number of ether oxygens (including phenoxy) is 1. The minimum atomic E-state index is -0.322. The van der Waals surface area contributed by atoms with E-state index in [1.807, 2.05) is 19.1 Å². The van der Waals surface area contributed by atoms with Gasteiger partial charge in [0.1, 0.15) is 5.82 Å². The molecule has 0 saturated carbocycles. The molecule has 5 nitrogen and oxygen atoms in total. The number of carbonyl (C=O) groups is 1. The third kappa shape index (κ3) is 7.94. The summed E-state index contributed by atoms with van der Waals surface area (Å²) in [6.45, 7) is 5.88. The van der Waals surface area contributed by atoms with E-state index >= 15 is 0 Å². The van der Waals surface area contributed by atoms with Crippen LogP contribution in [0, 0.1) is 5.82 Å². The molecule has 0 amide bonds. The van der Waals surface area contributed by atoms with Crippen molar-refractivity contribution in [1.29, 1.82) is 0 Å². The summed E-state index contributed by atoms with van der Waals surface area (Å²) in [6.07, 6.45) is 0. The van der Waals surface area contributed by atoms with Crippen molar-refractivity contribution in [2.75, 3.05) is 13.2 Å². The van der Waals surface area contributed by atoms with Crippen molar-refractivity contribution in [3.8, 4) is 0 Å². The summed E-state index contributed by atoms with van der Waals surface area (Å²) in [5, 5.41) is 6.39. The number of guanidine groups is 1. The van der Waals surface area contributed by atoms with Crippen LogP contribution in [0.1, 0.15) is 35.3 Å². The van der Waals surface area contributed by atoms with Gasteiger partial charge in [0.15, 0.2) is 5.96 Å². The van der Waals surface area contributed by atoms with Crippen molar-refractivity contribution >= 4 is 35.9 Å². The Bertz CT molecular complexity index is 734. The second kappa shape index (κ2) is 12.3. The Kier molecular flexibility index (Phi) is 10.4. The minimum absolute atomic E-state index is 0. The maximum Gasteiger partial charge on any atom is 0.338 e. The topological polar surface area (TPSA) is 62.7 Å². The van der Waals surface area contributed by atoms with E-state index in [0.717, 1.165) is 17.7 Å². The van der Waals surface area contributed by atoms with Crippen molar-refractivity contribution in [3.63, 3.8) is 0 Å². The molecule has 2 aromatic rings. The Labute approximate surface area is 176 Å². The summed E-state index contributed by atoms with van der Waals surface area (Å²) < 4.78 is 17.9. The molecule has 2 aromatic carbocycles. The molecule has 7 heteroatoms. The summed E-state index contributed by atoms with van der Waals surface area (Å²) in [7, 11) is 0. The predicted molar refractivity (Wildman–Crippen MR) is 116 cm³/mol. The van der Waals surface area contributed by atoms with Crippen LogP contribution >= 0.6 is 24.0 Å². The van der Waals surface area contributed by atoms with Crippen LogP contribution in [-0.4, -0.2) is 25.1 Å². The predicted octanol–water partition coefficient (Wildman–Crippen LogP) is 3.88. The van der Waals surface area contributed by atoms with Gasteiger partial charge < -0.3 is 15.4 Å². The van der Waals surface area contributed by atoms with Crippen molar-refractivity contribution < 1.29 is 13.9 Å². The van der Waals surface area contributed by atoms with Gasteiger partial charge in [-0.3, -0.25) is 0 Å². The quantitative estimate of drug-likeness (QED) is 0.271. The summed E-state index contributed by atoms with van der Waals surface area (Å²) >= 11 is 0. The number of rotatable bonds is 7. The van der Waals surface area contributed by atoms with Crippen molar-refractivity contribution in [3.05, 3.63) is 71.0 Å². The average molecular weight is 485 g/mol. The van der Waals surface area contributed by atoms with Gasteiger partial charge in [-0.15, -0.1) is 24.0 Å². The van der Waals surface area contributed by atoms with Crippen molar-refractivity contribution in [1.82, 2.24) is 10.6 Å². The highest BCUT2D eigenvalue weighted by Gasteiger charge is 2.05. The number of benzene rings is 2. The number of aliphatic imine (C=N–C) groups is 1. The van der Waals surface area contributed by atoms with Crippen LogP contribution in [-0.2, 0) is 17.8 Å². The molecule has 0 saturated heterocycles. The number of nitrogens with one attached hydrogen (secondary N) is 2. The van der Waals surface area contributed by atoms with E-state index in [4.69, 9.17) is 4.74 Å². The third-order valence-electron chi connectivity index (χ3n) is 3.60. The summed E-state index contributed by atoms with van der Waals surface area (Å²) in [6, 6.07) is 13.5. The molecule has 0 spiro atoms. The molecular weight excluding hydrogens is 460 g/mol. The van der Waals surface area contributed by atoms with Crippen LogP contribution < -0.4 is 10.6 Å². The number of nitrogens with zero attached hydrogens (tertiary/aromatic N) is 1. The van der Waals surface area contributed by atoms with Crippen LogP contribution in [0.4, 0.5) is 4.39 Å². The third-order valence-corrected chi connectivity index (χ3v) is 3.60. The normalized spacial score (nSPS) is 10.7. The van der Waals surface area contributed by atoms with Gasteiger partial charge >= 0.3 is 5.97 Å². The molecule has 27 heavy (non-hydrogen) atoms. The number of hydrogen-bond acceptors (Lipinski definition) is 3. The van der Waals surface area contributed by atoms with E-state index < -0.39 is 0 Å². The zero-order chi connectivity index (χ0) is 18.8. The molecule has 0 atom stereocenters. The molecule has 0 bridgehead atoms. The van der Waals surface area contributed by atoms with Gasteiger partial charge in [0.05, 0.1) is 18.7 Å². The Hall–Kier alpha value is -2.16. The van der Waals surface area contributed by atoms with E-state index in [2.05, 4.69) is 15.6 Å². The highest BCUT2D eigenvalue weighted by atomic mass is 127. The highest BCUT2D eigenvalue weighted by Crippen LogP contribution is 2.07. The van der Waals surface area contributed by atoms with Crippen molar-refractivity contribution in [2.24, 2.45) is 4.99 Å². The lowest BCUT2D eigenvalue weighted by molar-refractivity contribution is 0.0526. The van der Waals surface area contributed by atoms with Crippen LogP contribution in [0.3, 0.4) is 0 Å². The highest BCUT2D eigenvalue weighted by molar-refractivity contribution is 14.0. The standard InChI is InChI=1S/C20H24FN3O2.HI/c1-3-22-20(24-14-16-7-11-18(21)12-8-16)23-13-15-5-9-17(10-6-15)19(25)26-4-2;/h5-12H,3-4,13-14H2,1-2H3,(H2,22,23,24);1H. The first-order chi connectivity index (χ1) is 12.6. The molecule has 0 aliphatic heterocycles. The summed E-state index contributed by atoms with van der Waals surface area (Å²) in [5.41, 5.74) is 2.48. The number of hydrogen-bond donors (Lipinski definition) is 2. The Morgan fingerprint density at radius 2 is 1.63 bits per heavy atom. The molecule has 0 aliphatic rings. The monoisotopic (exact) mass is 485 g/mol. The van der Waals surface area contributed by atoms with Gasteiger partial charge in [0.2, 0.25) is 0 Å². The molecular formula is C20H25FIN3O2. The lowest BCUT2D eigenvalue weighted by Gasteiger charge is -2.11. The first-order valence-corrected chi connectivity index (χ1v) is 8.65. The summed E-state index contributed by atoms with van der Waals surface area (Å²) in [5.74, 6) is 0.101. The van der Waals surface area contributed by atoms with E-state index in [9.17, 15) is 9.18 Å². The fourth-order valence-corrected chi connectivity index (χ4v) is 2.26.